The van der Waals surface area contributed by atoms with E-state index >= 15 is 0 Å². The normalized spacial score (nSPS) is 10.7. The second kappa shape index (κ2) is 10.0. The fourth-order valence-electron chi connectivity index (χ4n) is 1.72. The number of anilines is 1. The number of carbonyl (C=O) groups excluding carboxylic acids is 2. The molecule has 1 rings (SSSR count). The lowest BCUT2D eigenvalue weighted by molar-refractivity contribution is -0.144. The van der Waals surface area contributed by atoms with Crippen molar-refractivity contribution in [3.05, 3.63) is 35.4 Å². The zero-order chi connectivity index (χ0) is 17.9. The molecule has 0 aliphatic carbocycles. The Morgan fingerprint density at radius 1 is 1.29 bits per heavy atom. The summed E-state index contributed by atoms with van der Waals surface area (Å²) in [6, 6.07) is 9.11. The van der Waals surface area contributed by atoms with Crippen molar-refractivity contribution in [3.8, 4) is 6.07 Å². The van der Waals surface area contributed by atoms with Crippen LogP contribution in [0.5, 0.6) is 0 Å². The molecule has 128 valence electrons. The Bertz CT molecular complexity index is 630. The molecule has 0 fully saturated rings. The zero-order valence-corrected chi connectivity index (χ0v) is 14.0. The lowest BCUT2D eigenvalue weighted by atomic mass is 10.1. The van der Waals surface area contributed by atoms with Gasteiger partial charge in [-0.1, -0.05) is 12.1 Å². The van der Waals surface area contributed by atoms with Gasteiger partial charge >= 0.3 is 5.97 Å². The summed E-state index contributed by atoms with van der Waals surface area (Å²) in [4.78, 5) is 25.2. The zero-order valence-electron chi connectivity index (χ0n) is 14.0. The van der Waals surface area contributed by atoms with Crippen molar-refractivity contribution in [2.24, 2.45) is 0 Å². The molecule has 24 heavy (non-hydrogen) atoms. The van der Waals surface area contributed by atoms with Crippen LogP contribution in [0.15, 0.2) is 29.8 Å². The molecule has 0 saturated heterocycles. The fraction of sp³-hybridized carbons (Fsp3) is 0.353. The minimum absolute atomic E-state index is 0.169. The maximum Gasteiger partial charge on any atom is 0.349 e. The van der Waals surface area contributed by atoms with Crippen LogP contribution in [0.25, 0.3) is 6.08 Å². The molecular weight excluding hydrogens is 310 g/mol. The first-order chi connectivity index (χ1) is 11.5. The number of amides is 1. The first-order valence-electron chi connectivity index (χ1n) is 7.30. The van der Waals surface area contributed by atoms with Crippen LogP contribution in [0, 0.1) is 11.3 Å². The van der Waals surface area contributed by atoms with Gasteiger partial charge in [0.2, 0.25) is 0 Å². The van der Waals surface area contributed by atoms with Gasteiger partial charge in [0.15, 0.2) is 6.61 Å². The molecule has 0 radical (unpaired) electrons. The number of nitriles is 1. The molecule has 1 aromatic carbocycles. The Morgan fingerprint density at radius 2 is 1.96 bits per heavy atom. The van der Waals surface area contributed by atoms with Crippen molar-refractivity contribution in [2.75, 3.05) is 45.9 Å². The standard InChI is InChI=1S/C17H21N3O4/c1-20(2)15-6-4-13(5-7-15)10-14(11-18)17(22)24-12-16(21)19-8-9-23-3/h4-7,10H,8-9,12H2,1-3H3,(H,19,21)/b14-10-. The lowest BCUT2D eigenvalue weighted by Gasteiger charge is -2.11. The minimum Gasteiger partial charge on any atom is -0.451 e. The average molecular weight is 331 g/mol. The predicted molar refractivity (Wildman–Crippen MR) is 90.2 cm³/mol. The van der Waals surface area contributed by atoms with Gasteiger partial charge in [0.05, 0.1) is 6.61 Å². The number of hydrogen-bond acceptors (Lipinski definition) is 6. The second-order valence-corrected chi connectivity index (χ2v) is 5.07. The van der Waals surface area contributed by atoms with Crippen molar-refractivity contribution in [1.82, 2.24) is 5.32 Å². The lowest BCUT2D eigenvalue weighted by Crippen LogP contribution is -2.31. The smallest absolute Gasteiger partial charge is 0.349 e. The molecule has 0 bridgehead atoms. The maximum absolute atomic E-state index is 11.9. The van der Waals surface area contributed by atoms with Crippen LogP contribution in [0.3, 0.4) is 0 Å². The highest BCUT2D eigenvalue weighted by Gasteiger charge is 2.13. The molecule has 0 aromatic heterocycles. The number of methoxy groups -OCH3 is 1. The van der Waals surface area contributed by atoms with Gasteiger partial charge in [-0.05, 0) is 23.8 Å². The summed E-state index contributed by atoms with van der Waals surface area (Å²) in [6.45, 7) is 0.249. The molecule has 7 heteroatoms. The van der Waals surface area contributed by atoms with Gasteiger partial charge < -0.3 is 19.7 Å². The van der Waals surface area contributed by atoms with E-state index in [0.717, 1.165) is 5.69 Å². The summed E-state index contributed by atoms with van der Waals surface area (Å²) in [5.74, 6) is -1.29. The van der Waals surface area contributed by atoms with E-state index in [4.69, 9.17) is 14.7 Å². The van der Waals surface area contributed by atoms with E-state index in [9.17, 15) is 9.59 Å². The van der Waals surface area contributed by atoms with Crippen LogP contribution in [0.2, 0.25) is 0 Å². The number of nitrogens with one attached hydrogen (secondary N) is 1. The SMILES string of the molecule is COCCNC(=O)COC(=O)/C(C#N)=C\c1ccc(N(C)C)cc1. The molecule has 0 heterocycles. The second-order valence-electron chi connectivity index (χ2n) is 5.07. The van der Waals surface area contributed by atoms with Crippen molar-refractivity contribution >= 4 is 23.6 Å². The maximum atomic E-state index is 11.9. The van der Waals surface area contributed by atoms with Crippen molar-refractivity contribution in [3.63, 3.8) is 0 Å². The quantitative estimate of drug-likeness (QED) is 0.330. The Kier molecular flexibility index (Phi) is 8.02. The van der Waals surface area contributed by atoms with Gasteiger partial charge in [0.1, 0.15) is 11.6 Å². The molecule has 1 aromatic rings. The van der Waals surface area contributed by atoms with E-state index < -0.39 is 18.5 Å². The van der Waals surface area contributed by atoms with E-state index in [0.29, 0.717) is 18.7 Å². The molecule has 7 nitrogen and oxygen atoms in total. The first-order valence-corrected chi connectivity index (χ1v) is 7.30. The van der Waals surface area contributed by atoms with Crippen LogP contribution in [0.1, 0.15) is 5.56 Å². The Morgan fingerprint density at radius 3 is 2.50 bits per heavy atom. The predicted octanol–water partition coefficient (Wildman–Crippen LogP) is 0.965. The van der Waals surface area contributed by atoms with E-state index in [2.05, 4.69) is 5.32 Å². The third-order valence-corrected chi connectivity index (χ3v) is 3.02. The summed E-state index contributed by atoms with van der Waals surface area (Å²) in [6.07, 6.45) is 1.42. The molecule has 1 amide bonds. The molecular formula is C17H21N3O4. The van der Waals surface area contributed by atoms with E-state index in [1.165, 1.54) is 13.2 Å². The van der Waals surface area contributed by atoms with Crippen LogP contribution in [0.4, 0.5) is 5.69 Å². The summed E-state index contributed by atoms with van der Waals surface area (Å²) in [5.41, 5.74) is 1.52. The van der Waals surface area contributed by atoms with Crippen molar-refractivity contribution < 1.29 is 19.1 Å². The summed E-state index contributed by atoms with van der Waals surface area (Å²) in [5, 5.41) is 11.6. The topological polar surface area (TPSA) is 91.7 Å². The number of carbonyl (C=O) groups is 2. The van der Waals surface area contributed by atoms with Gasteiger partial charge in [-0.3, -0.25) is 4.79 Å². The van der Waals surface area contributed by atoms with Crippen LogP contribution >= 0.6 is 0 Å². The third kappa shape index (κ3) is 6.50. The Hall–Kier alpha value is -2.85. The fourth-order valence-corrected chi connectivity index (χ4v) is 1.72. The number of esters is 1. The highest BCUT2D eigenvalue weighted by atomic mass is 16.5. The minimum atomic E-state index is -0.837. The Balaban J connectivity index is 2.63. The van der Waals surface area contributed by atoms with Crippen LogP contribution < -0.4 is 10.2 Å². The third-order valence-electron chi connectivity index (χ3n) is 3.02. The van der Waals surface area contributed by atoms with Crippen molar-refractivity contribution in [2.45, 2.75) is 0 Å². The van der Waals surface area contributed by atoms with Gasteiger partial charge in [0.25, 0.3) is 5.91 Å². The van der Waals surface area contributed by atoms with E-state index in [1.54, 1.807) is 18.2 Å². The summed E-state index contributed by atoms with van der Waals surface area (Å²) in [7, 11) is 5.35. The highest BCUT2D eigenvalue weighted by Crippen LogP contribution is 2.15. The average Bonchev–Trinajstić information content (AvgIpc) is 2.58. The largest absolute Gasteiger partial charge is 0.451 e. The number of nitrogens with zero attached hydrogens (tertiary/aromatic N) is 2. The number of benzene rings is 1. The molecule has 0 unspecified atom stereocenters. The first kappa shape index (κ1) is 19.2. The molecule has 0 aliphatic rings. The Labute approximate surface area is 141 Å². The number of rotatable bonds is 8. The van der Waals surface area contributed by atoms with Crippen LogP contribution in [-0.4, -0.2) is 52.8 Å². The molecule has 0 aliphatic heterocycles. The number of ether oxygens (including phenoxy) is 2. The molecule has 0 saturated carbocycles. The van der Waals surface area contributed by atoms with Gasteiger partial charge in [-0.2, -0.15) is 5.26 Å². The van der Waals surface area contributed by atoms with Crippen LogP contribution in [-0.2, 0) is 19.1 Å². The molecule has 0 spiro atoms. The summed E-state index contributed by atoms with van der Waals surface area (Å²) >= 11 is 0. The van der Waals surface area contributed by atoms with Gasteiger partial charge in [-0.25, -0.2) is 4.79 Å². The van der Waals surface area contributed by atoms with E-state index in [-0.39, 0.29) is 5.57 Å². The number of hydrogen-bond donors (Lipinski definition) is 1. The molecule has 0 atom stereocenters. The van der Waals surface area contributed by atoms with Crippen molar-refractivity contribution in [1.29, 1.82) is 5.26 Å². The summed E-state index contributed by atoms with van der Waals surface area (Å²) < 4.78 is 9.62. The highest BCUT2D eigenvalue weighted by molar-refractivity contribution is 5.98. The van der Waals surface area contributed by atoms with Gasteiger partial charge in [-0.15, -0.1) is 0 Å². The monoisotopic (exact) mass is 331 g/mol. The van der Waals surface area contributed by atoms with Gasteiger partial charge in [0, 0.05) is 33.4 Å². The van der Waals surface area contributed by atoms with E-state index in [1.807, 2.05) is 31.1 Å². The molecule has 1 N–H and O–H groups in total.